The molecule has 0 spiro atoms. The Morgan fingerprint density at radius 2 is 2.46 bits per heavy atom. The molecule has 0 bridgehead atoms. The molecular formula is C9H10ClNOS. The molecule has 0 radical (unpaired) electrons. The van der Waals surface area contributed by atoms with E-state index in [-0.39, 0.29) is 0 Å². The first-order valence-corrected chi connectivity index (χ1v) is 4.76. The zero-order valence-corrected chi connectivity index (χ0v) is 8.85. The van der Waals surface area contributed by atoms with E-state index in [9.17, 15) is 0 Å². The standard InChI is InChI=1S/C9H10ClNOS/c1-12-9-8(10)5-7(6-11-9)3-2-4-13/h2-3,5-6,13H,4H2,1H3. The lowest BCUT2D eigenvalue weighted by molar-refractivity contribution is 0.398. The molecule has 0 saturated carbocycles. The Bertz CT molecular complexity index is 314. The molecule has 0 aliphatic carbocycles. The van der Waals surface area contributed by atoms with E-state index in [0.717, 1.165) is 5.56 Å². The van der Waals surface area contributed by atoms with Crippen LogP contribution in [0.4, 0.5) is 0 Å². The Morgan fingerprint density at radius 3 is 3.00 bits per heavy atom. The molecule has 0 N–H and O–H groups in total. The lowest BCUT2D eigenvalue weighted by Crippen LogP contribution is -1.88. The summed E-state index contributed by atoms with van der Waals surface area (Å²) in [6.07, 6.45) is 5.53. The summed E-state index contributed by atoms with van der Waals surface area (Å²) in [5.41, 5.74) is 0.944. The smallest absolute Gasteiger partial charge is 0.232 e. The van der Waals surface area contributed by atoms with Gasteiger partial charge in [0.2, 0.25) is 5.88 Å². The third-order valence-corrected chi connectivity index (χ3v) is 1.92. The largest absolute Gasteiger partial charge is 0.480 e. The summed E-state index contributed by atoms with van der Waals surface area (Å²) in [4.78, 5) is 4.02. The molecule has 1 rings (SSSR count). The summed E-state index contributed by atoms with van der Waals surface area (Å²) in [6, 6.07) is 1.80. The quantitative estimate of drug-likeness (QED) is 0.784. The summed E-state index contributed by atoms with van der Waals surface area (Å²) in [7, 11) is 1.54. The number of halogens is 1. The Balaban J connectivity index is 2.89. The molecule has 0 aliphatic heterocycles. The van der Waals surface area contributed by atoms with Crippen LogP contribution >= 0.6 is 24.2 Å². The third kappa shape index (κ3) is 2.94. The summed E-state index contributed by atoms with van der Waals surface area (Å²) in [5, 5.41) is 0.517. The Labute approximate surface area is 88.0 Å². The van der Waals surface area contributed by atoms with Crippen LogP contribution in [0.3, 0.4) is 0 Å². The number of methoxy groups -OCH3 is 1. The van der Waals surface area contributed by atoms with Crippen LogP contribution in [0.5, 0.6) is 5.88 Å². The van der Waals surface area contributed by atoms with Crippen molar-refractivity contribution in [3.8, 4) is 5.88 Å². The molecular weight excluding hydrogens is 206 g/mol. The van der Waals surface area contributed by atoms with Gasteiger partial charge in [-0.25, -0.2) is 4.98 Å². The summed E-state index contributed by atoms with van der Waals surface area (Å²) in [5.74, 6) is 1.15. The van der Waals surface area contributed by atoms with Crippen LogP contribution in [0.2, 0.25) is 5.02 Å². The second-order valence-electron chi connectivity index (χ2n) is 2.34. The summed E-state index contributed by atoms with van der Waals surface area (Å²) < 4.78 is 4.92. The van der Waals surface area contributed by atoms with Crippen LogP contribution in [0.25, 0.3) is 6.08 Å². The molecule has 0 aliphatic rings. The van der Waals surface area contributed by atoms with Gasteiger partial charge in [0, 0.05) is 11.9 Å². The van der Waals surface area contributed by atoms with Gasteiger partial charge in [-0.3, -0.25) is 0 Å². The van der Waals surface area contributed by atoms with Crippen LogP contribution in [0, 0.1) is 0 Å². The van der Waals surface area contributed by atoms with Gasteiger partial charge in [0.1, 0.15) is 5.02 Å². The van der Waals surface area contributed by atoms with Gasteiger partial charge in [-0.05, 0) is 11.6 Å². The molecule has 1 heterocycles. The van der Waals surface area contributed by atoms with E-state index in [1.807, 2.05) is 12.2 Å². The highest BCUT2D eigenvalue weighted by molar-refractivity contribution is 7.80. The fraction of sp³-hybridized carbons (Fsp3) is 0.222. The average Bonchev–Trinajstić information content (AvgIpc) is 2.15. The number of aromatic nitrogens is 1. The number of rotatable bonds is 3. The van der Waals surface area contributed by atoms with Crippen LogP contribution in [-0.4, -0.2) is 17.8 Å². The van der Waals surface area contributed by atoms with Gasteiger partial charge in [-0.1, -0.05) is 23.8 Å². The van der Waals surface area contributed by atoms with E-state index in [2.05, 4.69) is 17.6 Å². The van der Waals surface area contributed by atoms with Crippen molar-refractivity contribution in [2.24, 2.45) is 0 Å². The molecule has 70 valence electrons. The Morgan fingerprint density at radius 1 is 1.69 bits per heavy atom. The first kappa shape index (κ1) is 10.4. The van der Waals surface area contributed by atoms with Gasteiger partial charge in [0.25, 0.3) is 0 Å². The van der Waals surface area contributed by atoms with Crippen LogP contribution in [0.15, 0.2) is 18.3 Å². The number of hydrogen-bond donors (Lipinski definition) is 1. The fourth-order valence-corrected chi connectivity index (χ4v) is 1.23. The van der Waals surface area contributed by atoms with E-state index in [4.69, 9.17) is 16.3 Å². The minimum absolute atomic E-state index is 0.449. The van der Waals surface area contributed by atoms with Crippen LogP contribution < -0.4 is 4.74 Å². The van der Waals surface area contributed by atoms with Crippen molar-refractivity contribution in [3.63, 3.8) is 0 Å². The topological polar surface area (TPSA) is 22.1 Å². The van der Waals surface area contributed by atoms with E-state index in [0.29, 0.717) is 16.7 Å². The average molecular weight is 216 g/mol. The number of thiol groups is 1. The van der Waals surface area contributed by atoms with E-state index < -0.39 is 0 Å². The Hall–Kier alpha value is -0.670. The molecule has 4 heteroatoms. The second-order valence-corrected chi connectivity index (χ2v) is 3.12. The summed E-state index contributed by atoms with van der Waals surface area (Å²) in [6.45, 7) is 0. The SMILES string of the molecule is COc1ncc(C=CCS)cc1Cl. The van der Waals surface area contributed by atoms with Gasteiger partial charge in [-0.2, -0.15) is 12.6 Å². The minimum Gasteiger partial charge on any atom is -0.480 e. The highest BCUT2D eigenvalue weighted by Crippen LogP contribution is 2.22. The molecule has 1 aromatic heterocycles. The first-order valence-electron chi connectivity index (χ1n) is 3.75. The zero-order valence-electron chi connectivity index (χ0n) is 7.20. The van der Waals surface area contributed by atoms with Crippen molar-refractivity contribution in [1.82, 2.24) is 4.98 Å². The lowest BCUT2D eigenvalue weighted by Gasteiger charge is -2.01. The van der Waals surface area contributed by atoms with E-state index in [1.54, 1.807) is 12.3 Å². The second kappa shape index (κ2) is 5.14. The molecule has 2 nitrogen and oxygen atoms in total. The van der Waals surface area contributed by atoms with Gasteiger partial charge < -0.3 is 4.74 Å². The maximum atomic E-state index is 5.87. The third-order valence-electron chi connectivity index (χ3n) is 1.44. The van der Waals surface area contributed by atoms with Gasteiger partial charge in [0.05, 0.1) is 7.11 Å². The fourth-order valence-electron chi connectivity index (χ4n) is 0.870. The van der Waals surface area contributed by atoms with Gasteiger partial charge in [-0.15, -0.1) is 0 Å². The van der Waals surface area contributed by atoms with Crippen molar-refractivity contribution in [2.45, 2.75) is 0 Å². The normalized spacial score (nSPS) is 10.7. The number of nitrogens with zero attached hydrogens (tertiary/aromatic N) is 1. The van der Waals surface area contributed by atoms with Gasteiger partial charge >= 0.3 is 0 Å². The van der Waals surface area contributed by atoms with Crippen molar-refractivity contribution in [1.29, 1.82) is 0 Å². The number of ether oxygens (including phenoxy) is 1. The van der Waals surface area contributed by atoms with E-state index >= 15 is 0 Å². The van der Waals surface area contributed by atoms with Crippen molar-refractivity contribution in [2.75, 3.05) is 12.9 Å². The Kier molecular flexibility index (Phi) is 4.12. The lowest BCUT2D eigenvalue weighted by atomic mass is 10.2. The maximum absolute atomic E-state index is 5.87. The molecule has 0 aromatic carbocycles. The highest BCUT2D eigenvalue weighted by atomic mass is 35.5. The molecule has 1 aromatic rings. The highest BCUT2D eigenvalue weighted by Gasteiger charge is 2.00. The predicted octanol–water partition coefficient (Wildman–Crippen LogP) is 2.69. The maximum Gasteiger partial charge on any atom is 0.232 e. The molecule has 13 heavy (non-hydrogen) atoms. The zero-order chi connectivity index (χ0) is 9.68. The van der Waals surface area contributed by atoms with E-state index in [1.165, 1.54) is 7.11 Å². The molecule has 0 saturated heterocycles. The summed E-state index contributed by atoms with van der Waals surface area (Å²) >= 11 is 9.92. The number of hydrogen-bond acceptors (Lipinski definition) is 3. The first-order chi connectivity index (χ1) is 6.27. The molecule has 0 unspecified atom stereocenters. The van der Waals surface area contributed by atoms with Crippen LogP contribution in [0.1, 0.15) is 5.56 Å². The predicted molar refractivity (Wildman–Crippen MR) is 58.7 cm³/mol. The molecule has 0 atom stereocenters. The van der Waals surface area contributed by atoms with Crippen molar-refractivity contribution in [3.05, 3.63) is 28.9 Å². The number of pyridine rings is 1. The van der Waals surface area contributed by atoms with Crippen molar-refractivity contribution < 1.29 is 4.74 Å². The monoisotopic (exact) mass is 215 g/mol. The molecule has 0 fully saturated rings. The molecule has 0 amide bonds. The van der Waals surface area contributed by atoms with Gasteiger partial charge in [0.15, 0.2) is 0 Å². The van der Waals surface area contributed by atoms with Crippen molar-refractivity contribution >= 4 is 30.3 Å². The van der Waals surface area contributed by atoms with Crippen LogP contribution in [-0.2, 0) is 0 Å². The minimum atomic E-state index is 0.449.